The Labute approximate surface area is 153 Å². The molecular weight excluding hydrogens is 335 g/mol. The molecule has 1 heterocycles. The third-order valence-electron chi connectivity index (χ3n) is 5.47. The Balaban J connectivity index is 1.58. The summed E-state index contributed by atoms with van der Waals surface area (Å²) in [6.07, 6.45) is 4.91. The molecule has 0 spiro atoms. The highest BCUT2D eigenvalue weighted by atomic mass is 16.5. The maximum atomic E-state index is 12.4. The molecule has 26 heavy (non-hydrogen) atoms. The highest BCUT2D eigenvalue weighted by Gasteiger charge is 2.38. The molecule has 3 rings (SSSR count). The second-order valence-electron chi connectivity index (χ2n) is 7.31. The van der Waals surface area contributed by atoms with Crippen LogP contribution in [0.15, 0.2) is 18.2 Å². The molecule has 1 aliphatic heterocycles. The summed E-state index contributed by atoms with van der Waals surface area (Å²) >= 11 is 0. The summed E-state index contributed by atoms with van der Waals surface area (Å²) in [6, 6.07) is 4.82. The van der Waals surface area contributed by atoms with Crippen LogP contribution in [0.1, 0.15) is 48.0 Å². The Kier molecular flexibility index (Phi) is 5.83. The van der Waals surface area contributed by atoms with Gasteiger partial charge in [-0.1, -0.05) is 12.1 Å². The second kappa shape index (κ2) is 8.10. The first-order chi connectivity index (χ1) is 12.5. The van der Waals surface area contributed by atoms with E-state index in [9.17, 15) is 19.7 Å². The Morgan fingerprint density at radius 3 is 2.58 bits per heavy atom. The zero-order valence-electron chi connectivity index (χ0n) is 14.7. The van der Waals surface area contributed by atoms with Crippen molar-refractivity contribution in [2.45, 2.75) is 44.5 Å². The van der Waals surface area contributed by atoms with Gasteiger partial charge in [0.15, 0.2) is 0 Å². The molecule has 0 radical (unpaired) electrons. The lowest BCUT2D eigenvalue weighted by Crippen LogP contribution is -2.53. The zero-order chi connectivity index (χ0) is 18.7. The number of carbonyl (C=O) groups is 2. The summed E-state index contributed by atoms with van der Waals surface area (Å²) in [7, 11) is -1.26. The zero-order valence-corrected chi connectivity index (χ0v) is 14.7. The fourth-order valence-corrected chi connectivity index (χ4v) is 3.92. The summed E-state index contributed by atoms with van der Waals surface area (Å²) in [4.78, 5) is 23.6. The highest BCUT2D eigenvalue weighted by molar-refractivity contribution is 6.47. The number of nitrogens with one attached hydrogen (secondary N) is 1. The lowest BCUT2D eigenvalue weighted by Gasteiger charge is -2.30. The molecule has 1 aromatic rings. The number of hydrogen-bond donors (Lipinski definition) is 4. The van der Waals surface area contributed by atoms with Gasteiger partial charge in [0.25, 0.3) is 0 Å². The molecule has 1 fully saturated rings. The minimum absolute atomic E-state index is 0.0167. The van der Waals surface area contributed by atoms with Crippen LogP contribution in [-0.2, 0) is 11.2 Å². The molecule has 1 aromatic carbocycles. The molecule has 0 bridgehead atoms. The second-order valence-corrected chi connectivity index (χ2v) is 7.31. The summed E-state index contributed by atoms with van der Waals surface area (Å²) in [5.41, 5.74) is 6.39. The van der Waals surface area contributed by atoms with Crippen LogP contribution in [-0.4, -0.2) is 41.6 Å². The quantitative estimate of drug-likeness (QED) is 0.581. The standard InChI is InChI=1S/C18H25BN2O5/c20-10-12-6-4-11(5-7-12)8-16(22)21-15-9-13-2-1-3-14(18(23)24)17(13)26-19(15)25/h1-3,11-12,15,25H,4-10,20H2,(H,21,22)(H,23,24). The Morgan fingerprint density at radius 2 is 1.92 bits per heavy atom. The SMILES string of the molecule is NCC1CCC(CC(=O)NC2Cc3cccc(C(=O)O)c3OB2O)CC1. The Morgan fingerprint density at radius 1 is 1.23 bits per heavy atom. The van der Waals surface area contributed by atoms with Gasteiger partial charge in [-0.2, -0.15) is 0 Å². The van der Waals surface area contributed by atoms with Gasteiger partial charge in [0, 0.05) is 6.42 Å². The van der Waals surface area contributed by atoms with Crippen LogP contribution < -0.4 is 15.7 Å². The van der Waals surface area contributed by atoms with Crippen LogP contribution in [0.2, 0.25) is 0 Å². The lowest BCUT2D eigenvalue weighted by molar-refractivity contribution is -0.122. The monoisotopic (exact) mass is 360 g/mol. The summed E-state index contributed by atoms with van der Waals surface area (Å²) in [5, 5.41) is 22.3. The van der Waals surface area contributed by atoms with Crippen molar-refractivity contribution < 1.29 is 24.4 Å². The number of carbonyl (C=O) groups excluding carboxylic acids is 1. The van der Waals surface area contributed by atoms with Crippen LogP contribution in [0.5, 0.6) is 5.75 Å². The fraction of sp³-hybridized carbons (Fsp3) is 0.556. The maximum Gasteiger partial charge on any atom is 0.547 e. The topological polar surface area (TPSA) is 122 Å². The molecule has 0 aromatic heterocycles. The summed E-state index contributed by atoms with van der Waals surface area (Å²) in [5.74, 6) is -0.693. The van der Waals surface area contributed by atoms with E-state index >= 15 is 0 Å². The minimum Gasteiger partial charge on any atom is -0.534 e. The van der Waals surface area contributed by atoms with E-state index in [1.54, 1.807) is 12.1 Å². The molecule has 8 heteroatoms. The van der Waals surface area contributed by atoms with Gasteiger partial charge in [-0.3, -0.25) is 4.79 Å². The van der Waals surface area contributed by atoms with Gasteiger partial charge in [0.1, 0.15) is 5.75 Å². The highest BCUT2D eigenvalue weighted by Crippen LogP contribution is 2.31. The van der Waals surface area contributed by atoms with Crippen LogP contribution in [0.25, 0.3) is 0 Å². The fourth-order valence-electron chi connectivity index (χ4n) is 3.92. The number of para-hydroxylation sites is 1. The van der Waals surface area contributed by atoms with Crippen LogP contribution in [0.3, 0.4) is 0 Å². The van der Waals surface area contributed by atoms with Gasteiger partial charge in [0.2, 0.25) is 5.91 Å². The normalized spacial score (nSPS) is 25.2. The molecule has 1 unspecified atom stereocenters. The van der Waals surface area contributed by atoms with Crippen molar-refractivity contribution in [3.63, 3.8) is 0 Å². The number of hydrogen-bond acceptors (Lipinski definition) is 5. The van der Waals surface area contributed by atoms with Gasteiger partial charge >= 0.3 is 13.1 Å². The van der Waals surface area contributed by atoms with E-state index in [2.05, 4.69) is 5.32 Å². The first-order valence-corrected chi connectivity index (χ1v) is 9.17. The number of carboxylic acids is 1. The van der Waals surface area contributed by atoms with Gasteiger partial charge in [-0.15, -0.1) is 0 Å². The minimum atomic E-state index is -1.26. The van der Waals surface area contributed by atoms with Crippen molar-refractivity contribution in [3.05, 3.63) is 29.3 Å². The third-order valence-corrected chi connectivity index (χ3v) is 5.47. The molecular formula is C18H25BN2O5. The molecule has 1 saturated carbocycles. The molecule has 1 atom stereocenters. The van der Waals surface area contributed by atoms with Crippen LogP contribution in [0.4, 0.5) is 0 Å². The number of nitrogens with two attached hydrogens (primary N) is 1. The van der Waals surface area contributed by atoms with E-state index in [1.165, 1.54) is 6.07 Å². The first kappa shape index (κ1) is 18.7. The Hall–Kier alpha value is -2.06. The number of fused-ring (bicyclic) bond motifs is 1. The number of rotatable bonds is 5. The molecule has 140 valence electrons. The van der Waals surface area contributed by atoms with Crippen molar-refractivity contribution in [2.75, 3.05) is 6.54 Å². The number of amides is 1. The molecule has 2 aliphatic rings. The maximum absolute atomic E-state index is 12.4. The summed E-state index contributed by atoms with van der Waals surface area (Å²) < 4.78 is 5.40. The molecule has 0 saturated heterocycles. The molecule has 1 amide bonds. The van der Waals surface area contributed by atoms with E-state index in [0.29, 0.717) is 36.8 Å². The van der Waals surface area contributed by atoms with Crippen LogP contribution in [0, 0.1) is 11.8 Å². The molecule has 7 nitrogen and oxygen atoms in total. The number of aromatic carboxylic acids is 1. The average Bonchev–Trinajstić information content (AvgIpc) is 2.62. The lowest BCUT2D eigenvalue weighted by atomic mass is 9.72. The van der Waals surface area contributed by atoms with Crippen molar-refractivity contribution in [2.24, 2.45) is 17.6 Å². The first-order valence-electron chi connectivity index (χ1n) is 9.17. The largest absolute Gasteiger partial charge is 0.547 e. The average molecular weight is 360 g/mol. The number of carboxylic acid groups (broad SMARTS) is 1. The van der Waals surface area contributed by atoms with Crippen molar-refractivity contribution >= 4 is 19.0 Å². The smallest absolute Gasteiger partial charge is 0.534 e. The Bertz CT molecular complexity index is 676. The van der Waals surface area contributed by atoms with E-state index in [4.69, 9.17) is 10.4 Å². The van der Waals surface area contributed by atoms with E-state index in [-0.39, 0.29) is 17.2 Å². The van der Waals surface area contributed by atoms with Crippen molar-refractivity contribution in [1.82, 2.24) is 5.32 Å². The van der Waals surface area contributed by atoms with Crippen LogP contribution >= 0.6 is 0 Å². The van der Waals surface area contributed by atoms with Crippen molar-refractivity contribution in [1.29, 1.82) is 0 Å². The van der Waals surface area contributed by atoms with Gasteiger partial charge < -0.3 is 25.8 Å². The van der Waals surface area contributed by atoms with Gasteiger partial charge in [0.05, 0.1) is 11.5 Å². The number of benzene rings is 1. The van der Waals surface area contributed by atoms with Gasteiger partial charge in [-0.05, 0) is 62.1 Å². The van der Waals surface area contributed by atoms with Crippen molar-refractivity contribution in [3.8, 4) is 5.75 Å². The predicted octanol–water partition coefficient (Wildman–Crippen LogP) is 0.979. The van der Waals surface area contributed by atoms with E-state index in [1.807, 2.05) is 0 Å². The molecule has 1 aliphatic carbocycles. The predicted molar refractivity (Wildman–Crippen MR) is 96.8 cm³/mol. The van der Waals surface area contributed by atoms with E-state index in [0.717, 1.165) is 25.7 Å². The third kappa shape index (κ3) is 4.19. The van der Waals surface area contributed by atoms with Gasteiger partial charge in [-0.25, -0.2) is 4.79 Å². The van der Waals surface area contributed by atoms with E-state index < -0.39 is 19.0 Å². The molecule has 5 N–H and O–H groups in total. The summed E-state index contributed by atoms with van der Waals surface area (Å²) in [6.45, 7) is 0.711.